The van der Waals surface area contributed by atoms with E-state index in [1.807, 2.05) is 18.2 Å². The largest absolute Gasteiger partial charge is 0.495 e. The van der Waals surface area contributed by atoms with E-state index in [9.17, 15) is 5.26 Å². The van der Waals surface area contributed by atoms with Crippen LogP contribution in [0.1, 0.15) is 31.2 Å². The first-order valence-corrected chi connectivity index (χ1v) is 8.35. The average molecular weight is 315 g/mol. The number of benzene rings is 1. The van der Waals surface area contributed by atoms with E-state index in [0.29, 0.717) is 17.5 Å². The molecule has 1 aromatic carbocycles. The van der Waals surface area contributed by atoms with Gasteiger partial charge in [0.15, 0.2) is 0 Å². The number of nitrogens with zero attached hydrogens (tertiary/aromatic N) is 2. The number of ether oxygens (including phenoxy) is 2. The highest BCUT2D eigenvalue weighted by Crippen LogP contribution is 2.42. The van der Waals surface area contributed by atoms with Crippen LogP contribution < -0.4 is 10.5 Å². The summed E-state index contributed by atoms with van der Waals surface area (Å²) in [5.74, 6) is 0.660. The molecule has 1 heterocycles. The summed E-state index contributed by atoms with van der Waals surface area (Å²) in [5.41, 5.74) is 7.15. The lowest BCUT2D eigenvalue weighted by Gasteiger charge is -2.41. The SMILES string of the molecule is COc1cc([C@]2(C#N)CC[C@H](N3CCOCC3)CC2)ccc1N. The molecule has 1 aliphatic heterocycles. The summed E-state index contributed by atoms with van der Waals surface area (Å²) < 4.78 is 10.8. The van der Waals surface area contributed by atoms with Crippen molar-refractivity contribution in [3.05, 3.63) is 23.8 Å². The van der Waals surface area contributed by atoms with Gasteiger partial charge in [0.2, 0.25) is 0 Å². The van der Waals surface area contributed by atoms with Gasteiger partial charge in [-0.1, -0.05) is 6.07 Å². The molecule has 0 atom stereocenters. The molecule has 5 nitrogen and oxygen atoms in total. The second-order valence-corrected chi connectivity index (χ2v) is 6.53. The zero-order valence-electron chi connectivity index (χ0n) is 13.8. The molecule has 3 rings (SSSR count). The summed E-state index contributed by atoms with van der Waals surface area (Å²) in [6, 6.07) is 8.94. The highest BCUT2D eigenvalue weighted by Gasteiger charge is 2.39. The van der Waals surface area contributed by atoms with Crippen molar-refractivity contribution in [2.24, 2.45) is 0 Å². The number of rotatable bonds is 3. The summed E-state index contributed by atoms with van der Waals surface area (Å²) in [5, 5.41) is 9.87. The van der Waals surface area contributed by atoms with Crippen LogP contribution in [0.15, 0.2) is 18.2 Å². The molecule has 0 bridgehead atoms. The van der Waals surface area contributed by atoms with E-state index in [-0.39, 0.29) is 0 Å². The van der Waals surface area contributed by atoms with E-state index in [1.165, 1.54) is 0 Å². The van der Waals surface area contributed by atoms with E-state index >= 15 is 0 Å². The van der Waals surface area contributed by atoms with Gasteiger partial charge < -0.3 is 15.2 Å². The standard InChI is InChI=1S/C18H25N3O2/c1-22-17-12-14(2-3-16(17)20)18(13-19)6-4-15(5-7-18)21-8-10-23-11-9-21/h2-3,12,15H,4-11,20H2,1H3/t15-,18+. The van der Waals surface area contributed by atoms with E-state index in [4.69, 9.17) is 15.2 Å². The number of hydrogen-bond acceptors (Lipinski definition) is 5. The minimum Gasteiger partial charge on any atom is -0.495 e. The lowest BCUT2D eigenvalue weighted by atomic mass is 9.69. The molecular formula is C18H25N3O2. The fourth-order valence-corrected chi connectivity index (χ4v) is 3.88. The van der Waals surface area contributed by atoms with Gasteiger partial charge in [-0.2, -0.15) is 5.26 Å². The van der Waals surface area contributed by atoms with Gasteiger partial charge in [0, 0.05) is 19.1 Å². The quantitative estimate of drug-likeness (QED) is 0.867. The highest BCUT2D eigenvalue weighted by molar-refractivity contribution is 5.56. The van der Waals surface area contributed by atoms with Crippen molar-refractivity contribution in [1.82, 2.24) is 4.90 Å². The van der Waals surface area contributed by atoms with Gasteiger partial charge in [-0.3, -0.25) is 4.90 Å². The van der Waals surface area contributed by atoms with Gasteiger partial charge in [0.25, 0.3) is 0 Å². The van der Waals surface area contributed by atoms with Gasteiger partial charge in [-0.15, -0.1) is 0 Å². The lowest BCUT2D eigenvalue weighted by molar-refractivity contribution is 0.00507. The Morgan fingerprint density at radius 1 is 1.30 bits per heavy atom. The van der Waals surface area contributed by atoms with Crippen molar-refractivity contribution in [3.8, 4) is 11.8 Å². The van der Waals surface area contributed by atoms with Crippen LogP contribution in [0.3, 0.4) is 0 Å². The second kappa shape index (κ2) is 6.77. The molecule has 0 aromatic heterocycles. The number of nitriles is 1. The first-order chi connectivity index (χ1) is 11.2. The summed E-state index contributed by atoms with van der Waals surface area (Å²) in [6.45, 7) is 3.68. The van der Waals surface area contributed by atoms with Crippen molar-refractivity contribution in [3.63, 3.8) is 0 Å². The Morgan fingerprint density at radius 2 is 2.00 bits per heavy atom. The van der Waals surface area contributed by atoms with Crippen molar-refractivity contribution in [2.45, 2.75) is 37.1 Å². The summed E-state index contributed by atoms with van der Waals surface area (Å²) in [6.07, 6.45) is 3.89. The van der Waals surface area contributed by atoms with Crippen LogP contribution in [0.25, 0.3) is 0 Å². The third kappa shape index (κ3) is 3.15. The number of nitrogens with two attached hydrogens (primary N) is 1. The first kappa shape index (κ1) is 16.1. The van der Waals surface area contributed by atoms with Crippen LogP contribution in [0.2, 0.25) is 0 Å². The minimum atomic E-state index is -0.413. The van der Waals surface area contributed by atoms with Crippen molar-refractivity contribution < 1.29 is 9.47 Å². The van der Waals surface area contributed by atoms with Gasteiger partial charge in [-0.05, 0) is 43.4 Å². The third-order valence-electron chi connectivity index (χ3n) is 5.37. The zero-order chi connectivity index (χ0) is 16.3. The zero-order valence-corrected chi connectivity index (χ0v) is 13.8. The number of methoxy groups -OCH3 is 1. The van der Waals surface area contributed by atoms with Gasteiger partial charge >= 0.3 is 0 Å². The molecule has 1 aliphatic carbocycles. The maximum atomic E-state index is 9.87. The van der Waals surface area contributed by atoms with Crippen LogP contribution in [0.5, 0.6) is 5.75 Å². The number of nitrogen functional groups attached to an aromatic ring is 1. The Kier molecular flexibility index (Phi) is 4.74. The Bertz CT molecular complexity index is 582. The minimum absolute atomic E-state index is 0.413. The van der Waals surface area contributed by atoms with Crippen molar-refractivity contribution in [2.75, 3.05) is 39.1 Å². The fraction of sp³-hybridized carbons (Fsp3) is 0.611. The normalized spacial score (nSPS) is 29.0. The molecular weight excluding hydrogens is 290 g/mol. The second-order valence-electron chi connectivity index (χ2n) is 6.53. The van der Waals surface area contributed by atoms with Crippen LogP contribution >= 0.6 is 0 Å². The molecule has 2 aliphatic rings. The fourth-order valence-electron chi connectivity index (χ4n) is 3.88. The Morgan fingerprint density at radius 3 is 2.61 bits per heavy atom. The van der Waals surface area contributed by atoms with E-state index in [1.54, 1.807) is 7.11 Å². The topological polar surface area (TPSA) is 71.5 Å². The Labute approximate surface area is 138 Å². The number of anilines is 1. The van der Waals surface area contributed by atoms with E-state index < -0.39 is 5.41 Å². The molecule has 2 N–H and O–H groups in total. The third-order valence-corrected chi connectivity index (χ3v) is 5.37. The van der Waals surface area contributed by atoms with Crippen LogP contribution in [-0.4, -0.2) is 44.4 Å². The molecule has 1 saturated carbocycles. The molecule has 2 fully saturated rings. The summed E-state index contributed by atoms with van der Waals surface area (Å²) in [4.78, 5) is 2.52. The van der Waals surface area contributed by atoms with Crippen molar-refractivity contribution >= 4 is 5.69 Å². The molecule has 124 valence electrons. The van der Waals surface area contributed by atoms with E-state index in [0.717, 1.165) is 57.6 Å². The molecule has 0 spiro atoms. The first-order valence-electron chi connectivity index (χ1n) is 8.35. The van der Waals surface area contributed by atoms with Crippen LogP contribution in [0.4, 0.5) is 5.69 Å². The highest BCUT2D eigenvalue weighted by atomic mass is 16.5. The maximum Gasteiger partial charge on any atom is 0.142 e. The van der Waals surface area contributed by atoms with E-state index in [2.05, 4.69) is 11.0 Å². The predicted molar refractivity (Wildman–Crippen MR) is 89.3 cm³/mol. The van der Waals surface area contributed by atoms with Gasteiger partial charge in [0.05, 0.1) is 37.5 Å². The van der Waals surface area contributed by atoms with Crippen molar-refractivity contribution in [1.29, 1.82) is 5.26 Å². The number of hydrogen-bond donors (Lipinski definition) is 1. The number of morpholine rings is 1. The molecule has 0 unspecified atom stereocenters. The van der Waals surface area contributed by atoms with Crippen LogP contribution in [-0.2, 0) is 10.2 Å². The predicted octanol–water partition coefficient (Wildman–Crippen LogP) is 2.31. The molecule has 0 amide bonds. The average Bonchev–Trinajstić information content (AvgIpc) is 2.63. The molecule has 23 heavy (non-hydrogen) atoms. The van der Waals surface area contributed by atoms with Gasteiger partial charge in [0.1, 0.15) is 5.75 Å². The lowest BCUT2D eigenvalue weighted by Crippen LogP contribution is -2.47. The Hall–Kier alpha value is -1.77. The monoisotopic (exact) mass is 315 g/mol. The molecule has 0 radical (unpaired) electrons. The summed E-state index contributed by atoms with van der Waals surface area (Å²) >= 11 is 0. The maximum absolute atomic E-state index is 9.87. The molecule has 5 heteroatoms. The molecule has 1 aromatic rings. The smallest absolute Gasteiger partial charge is 0.142 e. The summed E-state index contributed by atoms with van der Waals surface area (Å²) in [7, 11) is 1.61. The molecule has 1 saturated heterocycles. The Balaban J connectivity index is 1.75. The van der Waals surface area contributed by atoms with Crippen LogP contribution in [0, 0.1) is 11.3 Å². The van der Waals surface area contributed by atoms with Gasteiger partial charge in [-0.25, -0.2) is 0 Å².